The van der Waals surface area contributed by atoms with Gasteiger partial charge in [0.05, 0.1) is 5.69 Å². The maximum atomic E-state index is 12.8. The van der Waals surface area contributed by atoms with E-state index in [2.05, 4.69) is 26.3 Å². The Morgan fingerprint density at radius 3 is 2.67 bits per heavy atom. The van der Waals surface area contributed by atoms with Crippen LogP contribution in [0, 0.1) is 0 Å². The van der Waals surface area contributed by atoms with E-state index in [1.165, 1.54) is 19.3 Å². The number of H-pyrrole nitrogens is 1. The van der Waals surface area contributed by atoms with Gasteiger partial charge in [-0.15, -0.1) is 11.6 Å². The molecule has 4 N–H and O–H groups in total. The lowest BCUT2D eigenvalue weighted by Gasteiger charge is -2.33. The van der Waals surface area contributed by atoms with Gasteiger partial charge in [-0.25, -0.2) is 4.98 Å². The fraction of sp³-hybridized carbons (Fsp3) is 0.444. The number of benzene rings is 1. The van der Waals surface area contributed by atoms with Crippen LogP contribution in [0.3, 0.4) is 0 Å². The average Bonchev–Trinajstić information content (AvgIpc) is 3.34. The monoisotopic (exact) mass is 506 g/mol. The average molecular weight is 507 g/mol. The standard InChI is InChI=1S/C27H33ClN7O/c28-26(30)20-16-19(4-5-22(20)29)32-23-6-10-31-27-21(23)17-24(33-27)18-7-14-35(15-8-18)25(36)9-13-34-11-2-1-3-12-34/h4-6,10,16-18H,1-3,7-9,11-15,29H2,(H2,31,32,33)/q-1. The van der Waals surface area contributed by atoms with Gasteiger partial charge in [0.1, 0.15) is 5.65 Å². The van der Waals surface area contributed by atoms with Gasteiger partial charge >= 0.3 is 0 Å². The Balaban J connectivity index is 1.22. The fourth-order valence-electron chi connectivity index (χ4n) is 5.38. The first-order chi connectivity index (χ1) is 17.5. The number of fused-ring (bicyclic) bond motifs is 1. The fourth-order valence-corrected chi connectivity index (χ4v) is 5.54. The van der Waals surface area contributed by atoms with Crippen LogP contribution >= 0.6 is 11.6 Å². The summed E-state index contributed by atoms with van der Waals surface area (Å²) in [4.78, 5) is 25.3. The number of carbonyl (C=O) groups is 1. The van der Waals surface area contributed by atoms with Crippen LogP contribution in [0.15, 0.2) is 36.5 Å². The zero-order valence-electron chi connectivity index (χ0n) is 20.5. The summed E-state index contributed by atoms with van der Waals surface area (Å²) in [5, 5.41) is 13.7. The minimum atomic E-state index is -0.337. The topological polar surface area (TPSA) is 113 Å². The van der Waals surface area contributed by atoms with E-state index in [0.717, 1.165) is 73.7 Å². The summed E-state index contributed by atoms with van der Waals surface area (Å²) in [6.45, 7) is 4.75. The summed E-state index contributed by atoms with van der Waals surface area (Å²) in [6.07, 6.45) is 8.10. The molecule has 1 aromatic carbocycles. The molecule has 2 aliphatic heterocycles. The van der Waals surface area contributed by atoms with E-state index < -0.39 is 0 Å². The number of nitrogen functional groups attached to an aromatic ring is 1. The molecule has 0 bridgehead atoms. The molecule has 0 aliphatic carbocycles. The molecule has 8 nitrogen and oxygen atoms in total. The van der Waals surface area contributed by atoms with E-state index >= 15 is 0 Å². The molecule has 0 unspecified atom stereocenters. The number of aromatic nitrogens is 2. The van der Waals surface area contributed by atoms with Crippen LogP contribution in [0.2, 0.25) is 0 Å². The SMILES string of the molecule is [N-]=C(Cl)c1cc(Nc2ccnc3[nH]c(C4CCN(C(=O)CCN5CCCCC5)CC4)cc23)ccc1N. The van der Waals surface area contributed by atoms with Crippen molar-refractivity contribution in [3.63, 3.8) is 0 Å². The number of amides is 1. The van der Waals surface area contributed by atoms with E-state index in [1.54, 1.807) is 18.3 Å². The lowest BCUT2D eigenvalue weighted by atomic mass is 9.93. The van der Waals surface area contributed by atoms with Gasteiger partial charge in [0, 0.05) is 60.6 Å². The number of rotatable bonds is 7. The van der Waals surface area contributed by atoms with E-state index in [4.69, 9.17) is 17.3 Å². The van der Waals surface area contributed by atoms with Crippen molar-refractivity contribution in [3.8, 4) is 0 Å². The molecule has 0 saturated carbocycles. The summed E-state index contributed by atoms with van der Waals surface area (Å²) in [5.41, 5.74) is 10.3. The van der Waals surface area contributed by atoms with Gasteiger partial charge in [-0.1, -0.05) is 11.6 Å². The van der Waals surface area contributed by atoms with Gasteiger partial charge in [-0.05, 0) is 74.7 Å². The molecule has 1 amide bonds. The largest absolute Gasteiger partial charge is 0.793 e. The number of carbonyl (C=O) groups excluding carboxylic acids is 1. The predicted molar refractivity (Wildman–Crippen MR) is 147 cm³/mol. The lowest BCUT2D eigenvalue weighted by molar-refractivity contribution is -0.132. The van der Waals surface area contributed by atoms with Crippen LogP contribution in [0.5, 0.6) is 0 Å². The molecule has 0 spiro atoms. The van der Waals surface area contributed by atoms with E-state index in [9.17, 15) is 10.2 Å². The molecular weight excluding hydrogens is 474 g/mol. The second-order valence-electron chi connectivity index (χ2n) is 9.87. The van der Waals surface area contributed by atoms with Gasteiger partial charge in [0.25, 0.3) is 0 Å². The predicted octanol–water partition coefficient (Wildman–Crippen LogP) is 5.03. The number of anilines is 3. The van der Waals surface area contributed by atoms with Crippen LogP contribution in [0.1, 0.15) is 55.7 Å². The van der Waals surface area contributed by atoms with Gasteiger partial charge in [-0.2, -0.15) is 0 Å². The Morgan fingerprint density at radius 1 is 1.14 bits per heavy atom. The number of nitrogens with two attached hydrogens (primary N) is 1. The highest BCUT2D eigenvalue weighted by atomic mass is 35.5. The van der Waals surface area contributed by atoms with E-state index in [-0.39, 0.29) is 11.1 Å². The lowest BCUT2D eigenvalue weighted by Crippen LogP contribution is -2.40. The Kier molecular flexibility index (Phi) is 7.43. The highest BCUT2D eigenvalue weighted by molar-refractivity contribution is 6.71. The highest BCUT2D eigenvalue weighted by Crippen LogP contribution is 2.33. The second-order valence-corrected chi connectivity index (χ2v) is 10.2. The molecule has 2 aromatic heterocycles. The Hall–Kier alpha value is -3.10. The normalized spacial score (nSPS) is 17.4. The molecule has 190 valence electrons. The summed E-state index contributed by atoms with van der Waals surface area (Å²) in [7, 11) is 0. The Morgan fingerprint density at radius 2 is 1.92 bits per heavy atom. The first-order valence-corrected chi connectivity index (χ1v) is 13.2. The zero-order valence-corrected chi connectivity index (χ0v) is 21.2. The molecule has 36 heavy (non-hydrogen) atoms. The van der Waals surface area contributed by atoms with Crippen molar-refractivity contribution in [1.82, 2.24) is 19.8 Å². The van der Waals surface area contributed by atoms with Crippen molar-refractivity contribution >= 4 is 50.8 Å². The Labute approximate surface area is 216 Å². The molecule has 9 heteroatoms. The van der Waals surface area contributed by atoms with Crippen LogP contribution in [-0.2, 0) is 4.79 Å². The van der Waals surface area contributed by atoms with Gasteiger partial charge in [0.2, 0.25) is 5.91 Å². The maximum absolute atomic E-state index is 12.8. The molecular formula is C27H33ClN7O-. The molecule has 2 aliphatic rings. The van der Waals surface area contributed by atoms with Gasteiger partial charge in [0.15, 0.2) is 0 Å². The summed E-state index contributed by atoms with van der Waals surface area (Å²) in [5.74, 6) is 0.649. The quantitative estimate of drug-likeness (QED) is 0.307. The van der Waals surface area contributed by atoms with E-state index in [1.807, 2.05) is 17.0 Å². The van der Waals surface area contributed by atoms with Crippen LogP contribution in [0.4, 0.5) is 17.1 Å². The third kappa shape index (κ3) is 5.50. The number of hydrogen-bond acceptors (Lipinski definition) is 5. The molecule has 5 rings (SSSR count). The number of halogens is 1. The minimum Gasteiger partial charge on any atom is -0.793 e. The number of pyridine rings is 1. The summed E-state index contributed by atoms with van der Waals surface area (Å²) >= 11 is 5.77. The number of nitrogens with one attached hydrogen (secondary N) is 2. The van der Waals surface area contributed by atoms with Crippen molar-refractivity contribution in [1.29, 1.82) is 0 Å². The summed E-state index contributed by atoms with van der Waals surface area (Å²) in [6, 6.07) is 9.35. The highest BCUT2D eigenvalue weighted by Gasteiger charge is 2.25. The molecule has 4 heterocycles. The smallest absolute Gasteiger partial charge is 0.223 e. The maximum Gasteiger partial charge on any atom is 0.223 e. The minimum absolute atomic E-state index is 0.284. The van der Waals surface area contributed by atoms with Crippen molar-refractivity contribution in [2.75, 3.05) is 43.8 Å². The molecule has 0 radical (unpaired) electrons. The van der Waals surface area contributed by atoms with Crippen molar-refractivity contribution in [2.45, 2.75) is 44.4 Å². The van der Waals surface area contributed by atoms with Crippen LogP contribution < -0.4 is 11.1 Å². The third-order valence-electron chi connectivity index (χ3n) is 7.49. The zero-order chi connectivity index (χ0) is 25.1. The Bertz CT molecular complexity index is 1240. The van der Waals surface area contributed by atoms with Crippen molar-refractivity contribution in [3.05, 3.63) is 53.2 Å². The number of hydrogen-bond donors (Lipinski definition) is 3. The molecule has 2 fully saturated rings. The molecule has 3 aromatic rings. The van der Waals surface area contributed by atoms with Crippen LogP contribution in [0.25, 0.3) is 16.4 Å². The van der Waals surface area contributed by atoms with E-state index in [0.29, 0.717) is 23.6 Å². The number of piperidine rings is 2. The number of aromatic amines is 1. The van der Waals surface area contributed by atoms with Gasteiger partial charge in [-0.3, -0.25) is 4.79 Å². The van der Waals surface area contributed by atoms with Crippen molar-refractivity contribution in [2.24, 2.45) is 0 Å². The van der Waals surface area contributed by atoms with Crippen LogP contribution in [-0.4, -0.2) is 63.6 Å². The van der Waals surface area contributed by atoms with Gasteiger partial charge < -0.3 is 31.2 Å². The third-order valence-corrected chi connectivity index (χ3v) is 7.69. The second kappa shape index (κ2) is 10.9. The number of nitrogens with zero attached hydrogens (tertiary/aromatic N) is 4. The number of likely N-dealkylation sites (tertiary alicyclic amines) is 2. The first kappa shape index (κ1) is 24.6. The van der Waals surface area contributed by atoms with Crippen molar-refractivity contribution < 1.29 is 4.79 Å². The summed E-state index contributed by atoms with van der Waals surface area (Å²) < 4.78 is 0. The molecule has 0 atom stereocenters. The first-order valence-electron chi connectivity index (χ1n) is 12.8. The molecule has 2 saturated heterocycles.